The molecule has 0 atom stereocenters. The molecule has 1 nitrogen and oxygen atoms in total. The molecular formula is C28H26OS. The highest BCUT2D eigenvalue weighted by Gasteiger charge is 2.36. The summed E-state index contributed by atoms with van der Waals surface area (Å²) in [6, 6.07) is 39.0. The molecule has 0 saturated heterocycles. The van der Waals surface area contributed by atoms with Gasteiger partial charge in [-0.2, -0.15) is 0 Å². The smallest absolute Gasteiger partial charge is 0.118 e. The zero-order valence-corrected chi connectivity index (χ0v) is 18.2. The molecule has 0 spiro atoms. The van der Waals surface area contributed by atoms with E-state index in [9.17, 15) is 0 Å². The SMILES string of the molecule is COc1ccc(C(SCc2ccc(C)cc2)(c2ccccc2)c2ccccc2)cc1. The maximum absolute atomic E-state index is 5.43. The van der Waals surface area contributed by atoms with Crippen LogP contribution in [0.25, 0.3) is 0 Å². The summed E-state index contributed by atoms with van der Waals surface area (Å²) in [5.74, 6) is 1.79. The van der Waals surface area contributed by atoms with Gasteiger partial charge in [-0.15, -0.1) is 11.8 Å². The van der Waals surface area contributed by atoms with Crippen LogP contribution in [0.15, 0.2) is 109 Å². The molecule has 0 amide bonds. The summed E-state index contributed by atoms with van der Waals surface area (Å²) in [6.45, 7) is 2.13. The maximum atomic E-state index is 5.43. The molecule has 0 radical (unpaired) electrons. The number of hydrogen-bond acceptors (Lipinski definition) is 2. The molecule has 0 unspecified atom stereocenters. The molecule has 0 N–H and O–H groups in total. The van der Waals surface area contributed by atoms with Crippen molar-refractivity contribution in [3.8, 4) is 5.75 Å². The predicted molar refractivity (Wildman–Crippen MR) is 128 cm³/mol. The van der Waals surface area contributed by atoms with Crippen LogP contribution in [-0.4, -0.2) is 7.11 Å². The van der Waals surface area contributed by atoms with Crippen molar-refractivity contribution in [3.05, 3.63) is 137 Å². The van der Waals surface area contributed by atoms with Crippen molar-refractivity contribution < 1.29 is 4.74 Å². The van der Waals surface area contributed by atoms with E-state index in [1.54, 1.807) is 7.11 Å². The first-order valence-electron chi connectivity index (χ1n) is 10.2. The summed E-state index contributed by atoms with van der Waals surface area (Å²) in [5.41, 5.74) is 6.42. The van der Waals surface area contributed by atoms with Gasteiger partial charge < -0.3 is 4.74 Å². The monoisotopic (exact) mass is 410 g/mol. The minimum atomic E-state index is -0.320. The van der Waals surface area contributed by atoms with Crippen molar-refractivity contribution >= 4 is 11.8 Å². The fraction of sp³-hybridized carbons (Fsp3) is 0.143. The van der Waals surface area contributed by atoms with Crippen molar-refractivity contribution in [1.29, 1.82) is 0 Å². The van der Waals surface area contributed by atoms with E-state index < -0.39 is 0 Å². The molecule has 0 aliphatic heterocycles. The third-order valence-corrected chi connectivity index (χ3v) is 7.05. The van der Waals surface area contributed by atoms with Crippen LogP contribution in [0.2, 0.25) is 0 Å². The highest BCUT2D eigenvalue weighted by molar-refractivity contribution is 7.99. The number of thioether (sulfide) groups is 1. The lowest BCUT2D eigenvalue weighted by molar-refractivity contribution is 0.414. The Morgan fingerprint density at radius 2 is 1.13 bits per heavy atom. The van der Waals surface area contributed by atoms with Gasteiger partial charge in [0.25, 0.3) is 0 Å². The van der Waals surface area contributed by atoms with E-state index in [-0.39, 0.29) is 4.75 Å². The van der Waals surface area contributed by atoms with Gasteiger partial charge in [0, 0.05) is 5.75 Å². The average molecular weight is 411 g/mol. The van der Waals surface area contributed by atoms with Crippen molar-refractivity contribution in [3.63, 3.8) is 0 Å². The third kappa shape index (κ3) is 4.15. The van der Waals surface area contributed by atoms with E-state index in [1.165, 1.54) is 27.8 Å². The molecule has 4 aromatic carbocycles. The fourth-order valence-electron chi connectivity index (χ4n) is 3.80. The fourth-order valence-corrected chi connectivity index (χ4v) is 5.28. The van der Waals surface area contributed by atoms with Crippen LogP contribution in [-0.2, 0) is 10.5 Å². The topological polar surface area (TPSA) is 9.23 Å². The average Bonchev–Trinajstić information content (AvgIpc) is 2.82. The Kier molecular flexibility index (Phi) is 6.25. The maximum Gasteiger partial charge on any atom is 0.118 e. The van der Waals surface area contributed by atoms with Crippen molar-refractivity contribution in [2.24, 2.45) is 0 Å². The Hall–Kier alpha value is -2.97. The van der Waals surface area contributed by atoms with E-state index in [1.807, 2.05) is 11.8 Å². The van der Waals surface area contributed by atoms with Crippen molar-refractivity contribution in [1.82, 2.24) is 0 Å². The molecule has 2 heteroatoms. The highest BCUT2D eigenvalue weighted by atomic mass is 32.2. The van der Waals surface area contributed by atoms with Gasteiger partial charge in [-0.05, 0) is 41.3 Å². The van der Waals surface area contributed by atoms with E-state index >= 15 is 0 Å². The molecule has 0 aliphatic rings. The Morgan fingerprint density at radius 3 is 1.63 bits per heavy atom. The molecule has 0 saturated carbocycles. The van der Waals surface area contributed by atoms with E-state index in [0.29, 0.717) is 0 Å². The summed E-state index contributed by atoms with van der Waals surface area (Å²) in [7, 11) is 1.71. The van der Waals surface area contributed by atoms with Gasteiger partial charge in [-0.3, -0.25) is 0 Å². The lowest BCUT2D eigenvalue weighted by Crippen LogP contribution is -2.25. The van der Waals surface area contributed by atoms with Crippen LogP contribution < -0.4 is 4.74 Å². The van der Waals surface area contributed by atoms with Gasteiger partial charge in [-0.25, -0.2) is 0 Å². The van der Waals surface area contributed by atoms with E-state index in [0.717, 1.165) is 11.5 Å². The zero-order chi connectivity index (χ0) is 20.8. The Balaban J connectivity index is 1.87. The van der Waals surface area contributed by atoms with E-state index in [4.69, 9.17) is 4.74 Å². The van der Waals surface area contributed by atoms with Gasteiger partial charge in [0.05, 0.1) is 11.9 Å². The first-order valence-corrected chi connectivity index (χ1v) is 11.2. The van der Waals surface area contributed by atoms with Gasteiger partial charge in [0.15, 0.2) is 0 Å². The molecule has 0 aliphatic carbocycles. The molecule has 0 bridgehead atoms. The first-order chi connectivity index (χ1) is 14.7. The number of benzene rings is 4. The standard InChI is InChI=1S/C28H26OS/c1-22-13-15-23(16-14-22)21-30-28(24-9-5-3-6-10-24,25-11-7-4-8-12-25)26-17-19-27(29-2)20-18-26/h3-20H,21H2,1-2H3. The molecule has 150 valence electrons. The van der Waals surface area contributed by atoms with Crippen LogP contribution in [0.1, 0.15) is 27.8 Å². The third-order valence-electron chi connectivity index (χ3n) is 5.43. The zero-order valence-electron chi connectivity index (χ0n) is 17.4. The number of ether oxygens (including phenoxy) is 1. The Labute approximate surface area is 183 Å². The van der Waals surface area contributed by atoms with Gasteiger partial charge in [-0.1, -0.05) is 103 Å². The van der Waals surface area contributed by atoms with Gasteiger partial charge in [0.2, 0.25) is 0 Å². The molecule has 30 heavy (non-hydrogen) atoms. The first kappa shape index (κ1) is 20.3. The number of hydrogen-bond donors (Lipinski definition) is 0. The molecule has 4 rings (SSSR count). The van der Waals surface area contributed by atoms with Crippen LogP contribution in [0, 0.1) is 6.92 Å². The molecule has 0 aromatic heterocycles. The summed E-state index contributed by atoms with van der Waals surface area (Å²) in [5, 5.41) is 0. The largest absolute Gasteiger partial charge is 0.497 e. The second-order valence-electron chi connectivity index (χ2n) is 7.42. The van der Waals surface area contributed by atoms with Crippen LogP contribution in [0.5, 0.6) is 5.75 Å². The lowest BCUT2D eigenvalue weighted by atomic mass is 9.84. The second kappa shape index (κ2) is 9.23. The van der Waals surface area contributed by atoms with Crippen molar-refractivity contribution in [2.75, 3.05) is 7.11 Å². The predicted octanol–water partition coefficient (Wildman–Crippen LogP) is 7.23. The summed E-state index contributed by atoms with van der Waals surface area (Å²) in [6.07, 6.45) is 0. The number of methoxy groups -OCH3 is 1. The molecule has 0 heterocycles. The normalized spacial score (nSPS) is 11.3. The Bertz CT molecular complexity index is 1020. The summed E-state index contributed by atoms with van der Waals surface area (Å²) < 4.78 is 5.11. The summed E-state index contributed by atoms with van der Waals surface area (Å²) >= 11 is 1.96. The van der Waals surface area contributed by atoms with E-state index in [2.05, 4.69) is 116 Å². The number of aryl methyl sites for hydroxylation is 1. The molecule has 0 fully saturated rings. The second-order valence-corrected chi connectivity index (χ2v) is 8.61. The number of rotatable bonds is 7. The van der Waals surface area contributed by atoms with Gasteiger partial charge >= 0.3 is 0 Å². The van der Waals surface area contributed by atoms with Crippen LogP contribution in [0.3, 0.4) is 0 Å². The van der Waals surface area contributed by atoms with Gasteiger partial charge in [0.1, 0.15) is 5.75 Å². The molecular weight excluding hydrogens is 384 g/mol. The van der Waals surface area contributed by atoms with Crippen molar-refractivity contribution in [2.45, 2.75) is 17.4 Å². The van der Waals surface area contributed by atoms with Crippen LogP contribution in [0.4, 0.5) is 0 Å². The highest BCUT2D eigenvalue weighted by Crippen LogP contribution is 2.49. The minimum absolute atomic E-state index is 0.320. The molecule has 4 aromatic rings. The Morgan fingerprint density at radius 1 is 0.633 bits per heavy atom. The minimum Gasteiger partial charge on any atom is -0.497 e. The lowest BCUT2D eigenvalue weighted by Gasteiger charge is -2.35. The quantitative estimate of drug-likeness (QED) is 0.297. The summed E-state index contributed by atoms with van der Waals surface area (Å²) in [4.78, 5) is 0. The van der Waals surface area contributed by atoms with Crippen LogP contribution >= 0.6 is 11.8 Å².